The van der Waals surface area contributed by atoms with E-state index in [0.717, 1.165) is 37.0 Å². The highest BCUT2D eigenvalue weighted by Gasteiger charge is 2.30. The Morgan fingerprint density at radius 2 is 1.91 bits per heavy atom. The van der Waals surface area contributed by atoms with Crippen LogP contribution in [0.5, 0.6) is 0 Å². The molecule has 0 spiro atoms. The fourth-order valence-corrected chi connectivity index (χ4v) is 5.96. The molecule has 0 radical (unpaired) electrons. The Labute approximate surface area is 197 Å². The van der Waals surface area contributed by atoms with Crippen molar-refractivity contribution >= 4 is 38.5 Å². The molecule has 176 valence electrons. The van der Waals surface area contributed by atoms with Crippen molar-refractivity contribution < 1.29 is 17.9 Å². The van der Waals surface area contributed by atoms with Gasteiger partial charge in [0.1, 0.15) is 4.90 Å². The lowest BCUT2D eigenvalue weighted by molar-refractivity contribution is 0.0565. The van der Waals surface area contributed by atoms with Gasteiger partial charge in [-0.15, -0.1) is 4.40 Å². The molecule has 2 fully saturated rings. The summed E-state index contributed by atoms with van der Waals surface area (Å²) in [6.07, 6.45) is 9.52. The quantitative estimate of drug-likeness (QED) is 0.546. The van der Waals surface area contributed by atoms with Gasteiger partial charge >= 0.3 is 5.97 Å². The maximum atomic E-state index is 13.2. The van der Waals surface area contributed by atoms with Gasteiger partial charge in [0, 0.05) is 11.6 Å². The van der Waals surface area contributed by atoms with Gasteiger partial charge in [0.2, 0.25) is 0 Å². The number of nitrogens with one attached hydrogen (secondary N) is 1. The van der Waals surface area contributed by atoms with Crippen LogP contribution < -0.4 is 5.32 Å². The lowest BCUT2D eigenvalue weighted by Crippen LogP contribution is -2.27. The highest BCUT2D eigenvalue weighted by molar-refractivity contribution is 7.90. The molecule has 34 heavy (non-hydrogen) atoms. The fourth-order valence-electron chi connectivity index (χ4n) is 4.83. The number of carbonyl (C=O) groups excluding carboxylic acids is 1. The van der Waals surface area contributed by atoms with Crippen LogP contribution in [0.4, 0.5) is 5.69 Å². The van der Waals surface area contributed by atoms with Gasteiger partial charge < -0.3 is 10.1 Å². The number of amidine groups is 1. The maximum absolute atomic E-state index is 13.2. The van der Waals surface area contributed by atoms with E-state index in [9.17, 15) is 13.2 Å². The van der Waals surface area contributed by atoms with Gasteiger partial charge in [-0.05, 0) is 43.9 Å². The number of fused-ring (bicyclic) bond motifs is 2. The molecule has 3 aromatic rings. The molecule has 1 aromatic carbocycles. The molecule has 0 saturated heterocycles. The molecule has 0 unspecified atom stereocenters. The molecule has 0 amide bonds. The number of esters is 1. The highest BCUT2D eigenvalue weighted by atomic mass is 32.2. The summed E-state index contributed by atoms with van der Waals surface area (Å²) >= 11 is 0. The third-order valence-electron chi connectivity index (χ3n) is 6.74. The number of aromatic nitrogens is 3. The Morgan fingerprint density at radius 3 is 2.71 bits per heavy atom. The van der Waals surface area contributed by atoms with Crippen molar-refractivity contribution in [3.63, 3.8) is 0 Å². The summed E-state index contributed by atoms with van der Waals surface area (Å²) in [6, 6.07) is 8.60. The molecule has 3 aliphatic rings. The summed E-state index contributed by atoms with van der Waals surface area (Å²) in [5.74, 6) is -0.118. The number of anilines is 1. The number of hydrogen-bond acceptors (Lipinski definition) is 7. The van der Waals surface area contributed by atoms with E-state index in [2.05, 4.69) is 14.8 Å². The summed E-state index contributed by atoms with van der Waals surface area (Å²) in [7, 11) is -3.85. The standard InChI is InChI=1S/C24H25N5O4S/c30-24(33-14-22-26-19-8-4-5-9-21(19)34(31,32)28-22)17-12-20(15-10-11-15)27-23-18(17)13-25-29(23)16-6-2-1-3-7-16/h4-5,8-9,12-13,15-16H,1-3,6-7,10-11,14H2,(H,26,28). The molecule has 2 aromatic heterocycles. The number of benzene rings is 1. The Balaban J connectivity index is 1.29. The Bertz CT molecular complexity index is 1420. The Kier molecular flexibility index (Phi) is 5.13. The molecule has 0 bridgehead atoms. The molecule has 0 atom stereocenters. The van der Waals surface area contributed by atoms with Crippen LogP contribution in [0.25, 0.3) is 11.0 Å². The van der Waals surface area contributed by atoms with Crippen molar-refractivity contribution in [3.05, 3.63) is 47.8 Å². The lowest BCUT2D eigenvalue weighted by Gasteiger charge is -2.22. The van der Waals surface area contributed by atoms with E-state index >= 15 is 0 Å². The molecular formula is C24H25N5O4S. The largest absolute Gasteiger partial charge is 0.454 e. The van der Waals surface area contributed by atoms with Crippen LogP contribution in [-0.4, -0.2) is 41.6 Å². The number of rotatable bonds is 5. The number of para-hydroxylation sites is 1. The van der Waals surface area contributed by atoms with Gasteiger partial charge in [-0.1, -0.05) is 31.4 Å². The van der Waals surface area contributed by atoms with Crippen LogP contribution in [0.2, 0.25) is 0 Å². The summed E-state index contributed by atoms with van der Waals surface area (Å²) < 4.78 is 36.2. The average molecular weight is 480 g/mol. The molecule has 10 heteroatoms. The first-order valence-electron chi connectivity index (χ1n) is 11.7. The summed E-state index contributed by atoms with van der Waals surface area (Å²) in [5.41, 5.74) is 2.45. The number of carbonyl (C=O) groups is 1. The van der Waals surface area contributed by atoms with E-state index < -0.39 is 16.0 Å². The minimum atomic E-state index is -3.85. The minimum absolute atomic E-state index is 0.0673. The predicted molar refractivity (Wildman–Crippen MR) is 127 cm³/mol. The van der Waals surface area contributed by atoms with E-state index in [1.165, 1.54) is 25.3 Å². The van der Waals surface area contributed by atoms with Crippen LogP contribution in [0, 0.1) is 0 Å². The molecule has 1 aliphatic heterocycles. The number of sulfonamides is 1. The number of ether oxygens (including phenoxy) is 1. The van der Waals surface area contributed by atoms with Gasteiger partial charge in [-0.3, -0.25) is 0 Å². The van der Waals surface area contributed by atoms with Gasteiger partial charge in [0.25, 0.3) is 10.0 Å². The van der Waals surface area contributed by atoms with Crippen molar-refractivity contribution in [2.45, 2.75) is 61.8 Å². The van der Waals surface area contributed by atoms with Crippen molar-refractivity contribution in [3.8, 4) is 0 Å². The second kappa shape index (κ2) is 8.19. The molecular weight excluding hydrogens is 454 g/mol. The van der Waals surface area contributed by atoms with E-state index in [1.54, 1.807) is 30.5 Å². The lowest BCUT2D eigenvalue weighted by atomic mass is 9.95. The zero-order chi connectivity index (χ0) is 23.3. The highest BCUT2D eigenvalue weighted by Crippen LogP contribution is 2.41. The first-order chi connectivity index (χ1) is 16.5. The first kappa shape index (κ1) is 21.3. The second-order valence-corrected chi connectivity index (χ2v) is 10.8. The van der Waals surface area contributed by atoms with Crippen LogP contribution in [0.3, 0.4) is 0 Å². The molecule has 2 aliphatic carbocycles. The van der Waals surface area contributed by atoms with Crippen molar-refractivity contribution in [2.24, 2.45) is 4.40 Å². The molecule has 9 nitrogen and oxygen atoms in total. The maximum Gasteiger partial charge on any atom is 0.339 e. The molecule has 3 heterocycles. The summed E-state index contributed by atoms with van der Waals surface area (Å²) in [6.45, 7) is -0.286. The smallest absolute Gasteiger partial charge is 0.339 e. The van der Waals surface area contributed by atoms with Gasteiger partial charge in [0.05, 0.1) is 28.9 Å². The van der Waals surface area contributed by atoms with Crippen LogP contribution in [0.1, 0.15) is 73.0 Å². The fraction of sp³-hybridized carbons (Fsp3) is 0.417. The average Bonchev–Trinajstić information content (AvgIpc) is 3.61. The molecule has 2 saturated carbocycles. The number of hydrogen-bond donors (Lipinski definition) is 1. The molecule has 6 rings (SSSR count). The third-order valence-corrected chi connectivity index (χ3v) is 8.11. The number of nitrogens with zero attached hydrogens (tertiary/aromatic N) is 4. The van der Waals surface area contributed by atoms with Gasteiger partial charge in [-0.25, -0.2) is 14.5 Å². The zero-order valence-corrected chi connectivity index (χ0v) is 19.4. The zero-order valence-electron chi connectivity index (χ0n) is 18.6. The molecule has 1 N–H and O–H groups in total. The van der Waals surface area contributed by atoms with Gasteiger partial charge in [-0.2, -0.15) is 13.5 Å². The van der Waals surface area contributed by atoms with Crippen LogP contribution >= 0.6 is 0 Å². The first-order valence-corrected chi connectivity index (χ1v) is 13.2. The third kappa shape index (κ3) is 3.85. The minimum Gasteiger partial charge on any atom is -0.454 e. The summed E-state index contributed by atoms with van der Waals surface area (Å²) in [5, 5.41) is 8.22. The van der Waals surface area contributed by atoms with Crippen molar-refractivity contribution in [1.82, 2.24) is 14.8 Å². The number of pyridine rings is 1. The second-order valence-electron chi connectivity index (χ2n) is 9.20. The summed E-state index contributed by atoms with van der Waals surface area (Å²) in [4.78, 5) is 18.2. The topological polar surface area (TPSA) is 116 Å². The predicted octanol–water partition coefficient (Wildman–Crippen LogP) is 4.18. The van der Waals surface area contributed by atoms with E-state index in [4.69, 9.17) is 9.72 Å². The van der Waals surface area contributed by atoms with Crippen LogP contribution in [0.15, 0.2) is 45.8 Å². The van der Waals surface area contributed by atoms with Crippen molar-refractivity contribution in [1.29, 1.82) is 0 Å². The van der Waals surface area contributed by atoms with E-state index in [-0.39, 0.29) is 17.3 Å². The Morgan fingerprint density at radius 1 is 1.12 bits per heavy atom. The van der Waals surface area contributed by atoms with E-state index in [1.807, 2.05) is 4.68 Å². The monoisotopic (exact) mass is 479 g/mol. The Hall–Kier alpha value is -3.27. The van der Waals surface area contributed by atoms with Gasteiger partial charge in [0.15, 0.2) is 18.1 Å². The normalized spacial score (nSPS) is 19.8. The van der Waals surface area contributed by atoms with Crippen molar-refractivity contribution in [2.75, 3.05) is 11.9 Å². The SMILES string of the molecule is O=C(OCC1=NS(=O)(=O)c2ccccc2N1)c1cc(C2CC2)nc2c1cnn2C1CCCCC1. The van der Waals surface area contributed by atoms with E-state index in [0.29, 0.717) is 28.6 Å². The van der Waals surface area contributed by atoms with Crippen LogP contribution in [-0.2, 0) is 14.8 Å².